The molecule has 3 nitrogen and oxygen atoms in total. The zero-order valence-corrected chi connectivity index (χ0v) is 13.2. The SMILES string of the molecule is Cc1ccc(Cn2c3c(c4ccccc42)CN(C)CC3)cn1. The highest BCUT2D eigenvalue weighted by molar-refractivity contribution is 5.86. The Balaban J connectivity index is 1.84. The first-order valence-corrected chi connectivity index (χ1v) is 7.91. The Morgan fingerprint density at radius 3 is 2.82 bits per heavy atom. The minimum Gasteiger partial charge on any atom is -0.340 e. The number of para-hydroxylation sites is 1. The molecule has 3 aromatic rings. The molecule has 0 aliphatic carbocycles. The Bertz CT molecular complexity index is 815. The summed E-state index contributed by atoms with van der Waals surface area (Å²) in [5.41, 5.74) is 6.70. The second kappa shape index (κ2) is 5.25. The molecule has 3 heterocycles. The summed E-state index contributed by atoms with van der Waals surface area (Å²) in [6.07, 6.45) is 3.13. The van der Waals surface area contributed by atoms with Crippen LogP contribution >= 0.6 is 0 Å². The highest BCUT2D eigenvalue weighted by atomic mass is 15.1. The Kier molecular flexibility index (Phi) is 3.23. The monoisotopic (exact) mass is 291 g/mol. The van der Waals surface area contributed by atoms with Crippen molar-refractivity contribution in [1.29, 1.82) is 0 Å². The standard InChI is InChI=1S/C19H21N3/c1-14-7-8-15(11-20-14)12-22-18-6-4-3-5-16(18)17-13-21(2)10-9-19(17)22/h3-8,11H,9-10,12-13H2,1-2H3. The second-order valence-electron chi connectivity index (χ2n) is 6.32. The molecule has 0 fully saturated rings. The average molecular weight is 291 g/mol. The molecule has 2 aromatic heterocycles. The summed E-state index contributed by atoms with van der Waals surface area (Å²) in [6.45, 7) is 5.13. The molecule has 0 atom stereocenters. The number of aromatic nitrogens is 2. The van der Waals surface area contributed by atoms with Crippen molar-refractivity contribution < 1.29 is 0 Å². The Morgan fingerprint density at radius 2 is 2.00 bits per heavy atom. The maximum atomic E-state index is 4.44. The Morgan fingerprint density at radius 1 is 1.14 bits per heavy atom. The molecule has 1 aliphatic heterocycles. The van der Waals surface area contributed by atoms with Crippen LogP contribution in [-0.2, 0) is 19.5 Å². The highest BCUT2D eigenvalue weighted by Crippen LogP contribution is 2.31. The van der Waals surface area contributed by atoms with Crippen LogP contribution in [0, 0.1) is 6.92 Å². The van der Waals surface area contributed by atoms with E-state index in [1.54, 1.807) is 0 Å². The lowest BCUT2D eigenvalue weighted by molar-refractivity contribution is 0.310. The van der Waals surface area contributed by atoms with Crippen molar-refractivity contribution in [2.45, 2.75) is 26.4 Å². The summed E-state index contributed by atoms with van der Waals surface area (Å²) >= 11 is 0. The van der Waals surface area contributed by atoms with E-state index in [0.717, 1.165) is 31.7 Å². The molecule has 0 spiro atoms. The fourth-order valence-electron chi connectivity index (χ4n) is 3.49. The maximum Gasteiger partial charge on any atom is 0.0494 e. The van der Waals surface area contributed by atoms with E-state index in [1.165, 1.54) is 27.7 Å². The highest BCUT2D eigenvalue weighted by Gasteiger charge is 2.21. The van der Waals surface area contributed by atoms with Crippen LogP contribution in [0.5, 0.6) is 0 Å². The molecular weight excluding hydrogens is 270 g/mol. The second-order valence-corrected chi connectivity index (χ2v) is 6.32. The largest absolute Gasteiger partial charge is 0.340 e. The third-order valence-electron chi connectivity index (χ3n) is 4.67. The van der Waals surface area contributed by atoms with E-state index in [9.17, 15) is 0 Å². The van der Waals surface area contributed by atoms with Crippen LogP contribution in [0.25, 0.3) is 10.9 Å². The quantitative estimate of drug-likeness (QED) is 0.721. The number of pyridine rings is 1. The number of hydrogen-bond acceptors (Lipinski definition) is 2. The van der Waals surface area contributed by atoms with Gasteiger partial charge in [-0.2, -0.15) is 0 Å². The van der Waals surface area contributed by atoms with Crippen molar-refractivity contribution in [1.82, 2.24) is 14.5 Å². The lowest BCUT2D eigenvalue weighted by atomic mass is 10.1. The molecule has 0 bridgehead atoms. The summed E-state index contributed by atoms with van der Waals surface area (Å²) in [5, 5.41) is 1.41. The van der Waals surface area contributed by atoms with Crippen LogP contribution < -0.4 is 0 Å². The van der Waals surface area contributed by atoms with E-state index in [4.69, 9.17) is 0 Å². The van der Waals surface area contributed by atoms with Gasteiger partial charge < -0.3 is 9.47 Å². The first kappa shape index (κ1) is 13.5. The third-order valence-corrected chi connectivity index (χ3v) is 4.67. The minimum absolute atomic E-state index is 0.910. The number of likely N-dealkylation sites (N-methyl/N-ethyl adjacent to an activating group) is 1. The van der Waals surface area contributed by atoms with Crippen molar-refractivity contribution in [3.05, 3.63) is 65.1 Å². The summed E-state index contributed by atoms with van der Waals surface area (Å²) < 4.78 is 2.49. The van der Waals surface area contributed by atoms with Crippen molar-refractivity contribution in [2.75, 3.05) is 13.6 Å². The number of fused-ring (bicyclic) bond motifs is 3. The van der Waals surface area contributed by atoms with E-state index in [1.807, 2.05) is 13.1 Å². The smallest absolute Gasteiger partial charge is 0.0494 e. The zero-order valence-electron chi connectivity index (χ0n) is 13.2. The van der Waals surface area contributed by atoms with Gasteiger partial charge in [0.2, 0.25) is 0 Å². The van der Waals surface area contributed by atoms with Crippen LogP contribution in [0.2, 0.25) is 0 Å². The normalized spacial score (nSPS) is 15.2. The van der Waals surface area contributed by atoms with Crippen LogP contribution in [0.15, 0.2) is 42.6 Å². The van der Waals surface area contributed by atoms with Crippen LogP contribution in [-0.4, -0.2) is 28.0 Å². The van der Waals surface area contributed by atoms with Crippen LogP contribution in [0.3, 0.4) is 0 Å². The molecular formula is C19H21N3. The maximum absolute atomic E-state index is 4.44. The average Bonchev–Trinajstić information content (AvgIpc) is 2.83. The molecule has 0 amide bonds. The van der Waals surface area contributed by atoms with Crippen LogP contribution in [0.4, 0.5) is 0 Å². The predicted molar refractivity (Wildman–Crippen MR) is 90.1 cm³/mol. The molecule has 1 aromatic carbocycles. The molecule has 0 saturated heterocycles. The molecule has 4 rings (SSSR count). The molecule has 0 N–H and O–H groups in total. The fourth-order valence-corrected chi connectivity index (χ4v) is 3.49. The van der Waals surface area contributed by atoms with E-state index >= 15 is 0 Å². The van der Waals surface area contributed by atoms with Crippen molar-refractivity contribution in [2.24, 2.45) is 0 Å². The predicted octanol–water partition coefficient (Wildman–Crippen LogP) is 3.38. The summed E-state index contributed by atoms with van der Waals surface area (Å²) in [7, 11) is 2.21. The van der Waals surface area contributed by atoms with Gasteiger partial charge in [-0.05, 0) is 37.2 Å². The van der Waals surface area contributed by atoms with Crippen molar-refractivity contribution in [3.63, 3.8) is 0 Å². The van der Waals surface area contributed by atoms with Gasteiger partial charge in [-0.3, -0.25) is 4.98 Å². The van der Waals surface area contributed by atoms with E-state index in [2.05, 4.69) is 57.9 Å². The van der Waals surface area contributed by atoms with Gasteiger partial charge >= 0.3 is 0 Å². The number of benzene rings is 1. The summed E-state index contributed by atoms with van der Waals surface area (Å²) in [6, 6.07) is 13.1. The number of aryl methyl sites for hydroxylation is 1. The molecule has 22 heavy (non-hydrogen) atoms. The Hall–Kier alpha value is -2.13. The van der Waals surface area contributed by atoms with E-state index in [0.29, 0.717) is 0 Å². The molecule has 1 aliphatic rings. The molecule has 112 valence electrons. The minimum atomic E-state index is 0.910. The van der Waals surface area contributed by atoms with Crippen molar-refractivity contribution in [3.8, 4) is 0 Å². The fraction of sp³-hybridized carbons (Fsp3) is 0.316. The first-order chi connectivity index (χ1) is 10.7. The Labute approximate surface area is 131 Å². The van der Waals surface area contributed by atoms with Gasteiger partial charge in [0.15, 0.2) is 0 Å². The van der Waals surface area contributed by atoms with E-state index < -0.39 is 0 Å². The molecule has 3 heteroatoms. The van der Waals surface area contributed by atoms with Crippen LogP contribution in [0.1, 0.15) is 22.5 Å². The summed E-state index contributed by atoms with van der Waals surface area (Å²) in [4.78, 5) is 6.85. The number of nitrogens with zero attached hydrogens (tertiary/aromatic N) is 3. The van der Waals surface area contributed by atoms with E-state index in [-0.39, 0.29) is 0 Å². The molecule has 0 unspecified atom stereocenters. The molecule has 0 radical (unpaired) electrons. The summed E-state index contributed by atoms with van der Waals surface area (Å²) in [5.74, 6) is 0. The number of rotatable bonds is 2. The third kappa shape index (κ3) is 2.22. The lowest BCUT2D eigenvalue weighted by Gasteiger charge is -2.24. The lowest BCUT2D eigenvalue weighted by Crippen LogP contribution is -2.27. The topological polar surface area (TPSA) is 21.1 Å². The van der Waals surface area contributed by atoms with Gasteiger partial charge in [-0.1, -0.05) is 24.3 Å². The van der Waals surface area contributed by atoms with Gasteiger partial charge in [0, 0.05) is 54.5 Å². The van der Waals surface area contributed by atoms with Crippen molar-refractivity contribution >= 4 is 10.9 Å². The molecule has 0 saturated carbocycles. The van der Waals surface area contributed by atoms with Gasteiger partial charge in [0.05, 0.1) is 0 Å². The van der Waals surface area contributed by atoms with Gasteiger partial charge in [0.1, 0.15) is 0 Å². The van der Waals surface area contributed by atoms with Gasteiger partial charge in [-0.25, -0.2) is 0 Å². The first-order valence-electron chi connectivity index (χ1n) is 7.91. The van der Waals surface area contributed by atoms with Gasteiger partial charge in [-0.15, -0.1) is 0 Å². The van der Waals surface area contributed by atoms with Gasteiger partial charge in [0.25, 0.3) is 0 Å². The number of hydrogen-bond donors (Lipinski definition) is 0. The zero-order chi connectivity index (χ0) is 15.1.